The number of anilines is 1. The molecule has 19 heavy (non-hydrogen) atoms. The van der Waals surface area contributed by atoms with Crippen LogP contribution in [0.25, 0.3) is 0 Å². The minimum Gasteiger partial charge on any atom is -0.495 e. The molecule has 0 unspecified atom stereocenters. The molecule has 0 aromatic heterocycles. The van der Waals surface area contributed by atoms with E-state index < -0.39 is 0 Å². The number of nitrogens with two attached hydrogens (primary N) is 1. The van der Waals surface area contributed by atoms with Crippen LogP contribution in [0, 0.1) is 0 Å². The van der Waals surface area contributed by atoms with Crippen molar-refractivity contribution in [1.82, 2.24) is 4.90 Å². The van der Waals surface area contributed by atoms with E-state index in [1.807, 2.05) is 18.2 Å². The summed E-state index contributed by atoms with van der Waals surface area (Å²) in [5, 5.41) is 4.00. The predicted octanol–water partition coefficient (Wildman–Crippen LogP) is 2.30. The summed E-state index contributed by atoms with van der Waals surface area (Å²) < 4.78 is 5.11. The molecule has 104 valence electrons. The number of hydrogen-bond donors (Lipinski definition) is 2. The number of rotatable bonds is 3. The van der Waals surface area contributed by atoms with Crippen molar-refractivity contribution in [3.8, 4) is 5.75 Å². The van der Waals surface area contributed by atoms with E-state index in [0.717, 1.165) is 18.5 Å². The molecule has 0 bridgehead atoms. The van der Waals surface area contributed by atoms with E-state index in [-0.39, 0.29) is 6.03 Å². The van der Waals surface area contributed by atoms with Crippen LogP contribution in [0.1, 0.15) is 12.8 Å². The molecule has 1 aromatic carbocycles. The van der Waals surface area contributed by atoms with Crippen LogP contribution >= 0.6 is 11.6 Å². The van der Waals surface area contributed by atoms with Crippen LogP contribution < -0.4 is 15.8 Å². The van der Waals surface area contributed by atoms with Gasteiger partial charge in [-0.15, -0.1) is 0 Å². The van der Waals surface area contributed by atoms with Gasteiger partial charge in [-0.1, -0.05) is 11.6 Å². The highest BCUT2D eigenvalue weighted by Gasteiger charge is 2.21. The zero-order valence-corrected chi connectivity index (χ0v) is 11.6. The number of hydrogen-bond acceptors (Lipinski definition) is 3. The first-order valence-corrected chi connectivity index (χ1v) is 6.62. The van der Waals surface area contributed by atoms with Crippen molar-refractivity contribution in [3.05, 3.63) is 23.2 Å². The first-order chi connectivity index (χ1) is 9.10. The Morgan fingerprint density at radius 3 is 2.68 bits per heavy atom. The van der Waals surface area contributed by atoms with Crippen LogP contribution in [0.5, 0.6) is 5.75 Å². The van der Waals surface area contributed by atoms with Crippen LogP contribution in [0.4, 0.5) is 10.5 Å². The highest BCUT2D eigenvalue weighted by atomic mass is 35.5. The fourth-order valence-electron chi connectivity index (χ4n) is 2.24. The first kappa shape index (κ1) is 13.8. The molecule has 0 atom stereocenters. The lowest BCUT2D eigenvalue weighted by molar-refractivity contribution is 0.193. The first-order valence-electron chi connectivity index (χ1n) is 6.24. The Hall–Kier alpha value is -1.62. The maximum absolute atomic E-state index is 11.0. The van der Waals surface area contributed by atoms with Crippen molar-refractivity contribution in [3.63, 3.8) is 0 Å². The number of likely N-dealkylation sites (tertiary alicyclic amines) is 1. The van der Waals surface area contributed by atoms with Gasteiger partial charge in [-0.05, 0) is 31.0 Å². The number of primary amides is 1. The molecule has 1 aromatic rings. The summed E-state index contributed by atoms with van der Waals surface area (Å²) in [6.45, 7) is 1.38. The van der Waals surface area contributed by atoms with E-state index in [9.17, 15) is 4.79 Å². The number of ether oxygens (including phenoxy) is 1. The lowest BCUT2D eigenvalue weighted by Gasteiger charge is -2.31. The van der Waals surface area contributed by atoms with E-state index in [1.165, 1.54) is 0 Å². The number of carbonyl (C=O) groups excluding carboxylic acids is 1. The molecule has 0 spiro atoms. The maximum atomic E-state index is 11.0. The third-order valence-electron chi connectivity index (χ3n) is 3.33. The molecule has 3 N–H and O–H groups in total. The second-order valence-electron chi connectivity index (χ2n) is 4.59. The molecule has 2 rings (SSSR count). The van der Waals surface area contributed by atoms with Gasteiger partial charge in [0.15, 0.2) is 0 Å². The topological polar surface area (TPSA) is 67.6 Å². The maximum Gasteiger partial charge on any atom is 0.314 e. The molecule has 0 saturated carbocycles. The van der Waals surface area contributed by atoms with Gasteiger partial charge < -0.3 is 20.7 Å². The molecular formula is C13H18ClN3O2. The Labute approximate surface area is 117 Å². The average molecular weight is 284 g/mol. The number of urea groups is 1. The number of carbonyl (C=O) groups is 1. The van der Waals surface area contributed by atoms with E-state index in [2.05, 4.69) is 5.32 Å². The molecule has 1 aliphatic rings. The van der Waals surface area contributed by atoms with Gasteiger partial charge in [0.05, 0.1) is 12.1 Å². The van der Waals surface area contributed by atoms with Crippen LogP contribution in [0.3, 0.4) is 0 Å². The number of nitrogens with zero attached hydrogens (tertiary/aromatic N) is 1. The van der Waals surface area contributed by atoms with Crippen LogP contribution in [0.15, 0.2) is 18.2 Å². The third kappa shape index (κ3) is 3.44. The number of piperidine rings is 1. The standard InChI is InChI=1S/C13H18ClN3O2/c1-19-12-3-2-10(8-11(12)14)16-9-4-6-17(7-5-9)13(15)18/h2-3,8-9,16H,4-7H2,1H3,(H2,15,18). The number of nitrogens with one attached hydrogen (secondary N) is 1. The van der Waals surface area contributed by atoms with Crippen LogP contribution in [-0.2, 0) is 0 Å². The molecule has 1 fully saturated rings. The summed E-state index contributed by atoms with van der Waals surface area (Å²) in [6, 6.07) is 5.61. The molecule has 6 heteroatoms. The fourth-order valence-corrected chi connectivity index (χ4v) is 2.49. The third-order valence-corrected chi connectivity index (χ3v) is 3.62. The number of methoxy groups -OCH3 is 1. The normalized spacial score (nSPS) is 16.2. The average Bonchev–Trinajstić information content (AvgIpc) is 2.39. The lowest BCUT2D eigenvalue weighted by atomic mass is 10.0. The Balaban J connectivity index is 1.92. The molecule has 5 nitrogen and oxygen atoms in total. The van der Waals surface area contributed by atoms with Gasteiger partial charge in [0.2, 0.25) is 0 Å². The van der Waals surface area contributed by atoms with Gasteiger partial charge in [0.25, 0.3) is 0 Å². The van der Waals surface area contributed by atoms with E-state index in [4.69, 9.17) is 22.1 Å². The van der Waals surface area contributed by atoms with Gasteiger partial charge in [-0.3, -0.25) is 0 Å². The number of amides is 2. The second kappa shape index (κ2) is 6.02. The highest BCUT2D eigenvalue weighted by Crippen LogP contribution is 2.28. The Morgan fingerprint density at radius 2 is 2.16 bits per heavy atom. The SMILES string of the molecule is COc1ccc(NC2CCN(C(N)=O)CC2)cc1Cl. The summed E-state index contributed by atoms with van der Waals surface area (Å²) in [6.07, 6.45) is 1.76. The van der Waals surface area contributed by atoms with E-state index >= 15 is 0 Å². The predicted molar refractivity (Wildman–Crippen MR) is 75.8 cm³/mol. The van der Waals surface area contributed by atoms with Gasteiger partial charge in [0, 0.05) is 24.8 Å². The molecule has 1 heterocycles. The van der Waals surface area contributed by atoms with Crippen molar-refractivity contribution in [2.45, 2.75) is 18.9 Å². The Kier molecular flexibility index (Phi) is 4.37. The van der Waals surface area contributed by atoms with E-state index in [0.29, 0.717) is 29.9 Å². The summed E-state index contributed by atoms with van der Waals surface area (Å²) in [4.78, 5) is 12.7. The zero-order chi connectivity index (χ0) is 13.8. The van der Waals surface area contributed by atoms with Gasteiger partial charge >= 0.3 is 6.03 Å². The minimum absolute atomic E-state index is 0.333. The summed E-state index contributed by atoms with van der Waals surface area (Å²) in [5.41, 5.74) is 6.21. The lowest BCUT2D eigenvalue weighted by Crippen LogP contribution is -2.44. The number of halogens is 1. The molecule has 0 aliphatic carbocycles. The smallest absolute Gasteiger partial charge is 0.314 e. The van der Waals surface area contributed by atoms with Gasteiger partial charge in [-0.25, -0.2) is 4.79 Å². The zero-order valence-electron chi connectivity index (χ0n) is 10.9. The summed E-state index contributed by atoms with van der Waals surface area (Å²) in [7, 11) is 1.59. The van der Waals surface area contributed by atoms with E-state index in [1.54, 1.807) is 12.0 Å². The van der Waals surface area contributed by atoms with Crippen molar-refractivity contribution < 1.29 is 9.53 Å². The largest absolute Gasteiger partial charge is 0.495 e. The summed E-state index contributed by atoms with van der Waals surface area (Å²) >= 11 is 6.08. The molecule has 1 saturated heterocycles. The van der Waals surface area contributed by atoms with Crippen molar-refractivity contribution in [2.24, 2.45) is 5.73 Å². The highest BCUT2D eigenvalue weighted by molar-refractivity contribution is 6.32. The quantitative estimate of drug-likeness (QED) is 0.894. The number of benzene rings is 1. The summed E-state index contributed by atoms with van der Waals surface area (Å²) in [5.74, 6) is 0.663. The minimum atomic E-state index is -0.342. The van der Waals surface area contributed by atoms with Gasteiger partial charge in [0.1, 0.15) is 5.75 Å². The second-order valence-corrected chi connectivity index (χ2v) is 5.00. The van der Waals surface area contributed by atoms with Crippen LogP contribution in [-0.4, -0.2) is 37.2 Å². The molecule has 0 radical (unpaired) electrons. The van der Waals surface area contributed by atoms with Crippen molar-refractivity contribution in [1.29, 1.82) is 0 Å². The fraction of sp³-hybridized carbons (Fsp3) is 0.462. The molecule has 1 aliphatic heterocycles. The van der Waals surface area contributed by atoms with Crippen molar-refractivity contribution >= 4 is 23.3 Å². The van der Waals surface area contributed by atoms with Gasteiger partial charge in [-0.2, -0.15) is 0 Å². The van der Waals surface area contributed by atoms with Crippen molar-refractivity contribution in [2.75, 3.05) is 25.5 Å². The molecular weight excluding hydrogens is 266 g/mol. The van der Waals surface area contributed by atoms with Crippen LogP contribution in [0.2, 0.25) is 5.02 Å². The monoisotopic (exact) mass is 283 g/mol. The Morgan fingerprint density at radius 1 is 1.47 bits per heavy atom. The molecule has 2 amide bonds. The Bertz CT molecular complexity index is 459.